The van der Waals surface area contributed by atoms with Gasteiger partial charge in [0.1, 0.15) is 17.3 Å². The molecule has 0 aliphatic heterocycles. The van der Waals surface area contributed by atoms with Crippen LogP contribution in [0.2, 0.25) is 5.02 Å². The lowest BCUT2D eigenvalue weighted by molar-refractivity contribution is 0.380. The van der Waals surface area contributed by atoms with Crippen LogP contribution in [0.1, 0.15) is 0 Å². The fraction of sp³-hybridized carbons (Fsp3) is 0.0526. The minimum atomic E-state index is 0.567. The fourth-order valence-corrected chi connectivity index (χ4v) is 5.62. The van der Waals surface area contributed by atoms with E-state index in [9.17, 15) is 0 Å². The molecule has 7 rings (SSSR count). The summed E-state index contributed by atoms with van der Waals surface area (Å²) >= 11 is 6.20. The van der Waals surface area contributed by atoms with Gasteiger partial charge in [0, 0.05) is 39.0 Å². The number of halogens is 1. The summed E-state index contributed by atoms with van der Waals surface area (Å²) in [7, 11) is 3.30. The minimum absolute atomic E-state index is 0.567. The van der Waals surface area contributed by atoms with E-state index in [1.165, 1.54) is 0 Å². The molecule has 0 N–H and O–H groups in total. The molecule has 0 saturated carbocycles. The van der Waals surface area contributed by atoms with Gasteiger partial charge in [0.15, 0.2) is 11.5 Å². The second-order valence-corrected chi connectivity index (χ2v) is 10.8. The van der Waals surface area contributed by atoms with E-state index in [2.05, 4.69) is 33.8 Å². The number of ether oxygens (including phenoxy) is 3. The van der Waals surface area contributed by atoms with Crippen molar-refractivity contribution >= 4 is 22.5 Å². The van der Waals surface area contributed by atoms with Crippen molar-refractivity contribution < 1.29 is 14.2 Å². The summed E-state index contributed by atoms with van der Waals surface area (Å²) in [6, 6.07) is 41.8. The Hall–Kier alpha value is -5.59. The Kier molecular flexibility index (Phi) is 7.64. The highest BCUT2D eigenvalue weighted by Crippen LogP contribution is 2.42. The molecule has 0 radical (unpaired) electrons. The number of nitrogens with zero attached hydrogens (tertiary/aromatic N) is 3. The molecule has 6 nitrogen and oxygen atoms in total. The van der Waals surface area contributed by atoms with E-state index >= 15 is 0 Å². The van der Waals surface area contributed by atoms with Crippen molar-refractivity contribution in [3.8, 4) is 62.6 Å². The number of fused-ring (bicyclic) bond motifs is 1. The molecule has 220 valence electrons. The largest absolute Gasteiger partial charge is 0.497 e. The number of hydrogen-bond acceptors (Lipinski definition) is 5. The van der Waals surface area contributed by atoms with E-state index in [4.69, 9.17) is 30.8 Å². The maximum atomic E-state index is 6.40. The number of hydrogen-bond donors (Lipinski definition) is 0. The molecule has 7 heteroatoms. The van der Waals surface area contributed by atoms with Crippen molar-refractivity contribution in [1.82, 2.24) is 14.5 Å². The quantitative estimate of drug-likeness (QED) is 0.172. The first-order valence-electron chi connectivity index (χ1n) is 14.4. The normalized spacial score (nSPS) is 11.0. The van der Waals surface area contributed by atoms with E-state index in [0.29, 0.717) is 22.3 Å². The van der Waals surface area contributed by atoms with Crippen molar-refractivity contribution in [2.24, 2.45) is 0 Å². The Labute approximate surface area is 266 Å². The molecule has 0 saturated heterocycles. The highest BCUT2D eigenvalue weighted by atomic mass is 35.5. The maximum Gasteiger partial charge on any atom is 0.169 e. The maximum absolute atomic E-state index is 6.40. The molecule has 0 aliphatic carbocycles. The first-order chi connectivity index (χ1) is 22.1. The van der Waals surface area contributed by atoms with Crippen LogP contribution in [0.4, 0.5) is 0 Å². The molecule has 45 heavy (non-hydrogen) atoms. The standard InChI is InChI=1S/C38H28ClN3O3/c1-43-30-17-15-29(16-18-30)42-37(26-11-7-4-8-12-26)36(25-9-5-3-6-10-25)41-38(42)27-13-20-34(35(23-27)44-2)45-33-21-22-40-32-24-28(39)14-19-31(32)33/h3-24H,1-2H3. The van der Waals surface area contributed by atoms with Crippen LogP contribution >= 0.6 is 11.6 Å². The van der Waals surface area contributed by atoms with Crippen LogP contribution in [0.25, 0.3) is 50.5 Å². The van der Waals surface area contributed by atoms with Gasteiger partial charge in [0.2, 0.25) is 0 Å². The van der Waals surface area contributed by atoms with Crippen LogP contribution in [-0.2, 0) is 0 Å². The Morgan fingerprint density at radius 3 is 2.07 bits per heavy atom. The highest BCUT2D eigenvalue weighted by Gasteiger charge is 2.23. The second-order valence-electron chi connectivity index (χ2n) is 10.3. The first kappa shape index (κ1) is 28.2. The minimum Gasteiger partial charge on any atom is -0.497 e. The molecular weight excluding hydrogens is 582 g/mol. The van der Waals surface area contributed by atoms with Crippen LogP contribution in [0.15, 0.2) is 134 Å². The zero-order chi connectivity index (χ0) is 30.8. The monoisotopic (exact) mass is 609 g/mol. The molecule has 0 bridgehead atoms. The Morgan fingerprint density at radius 1 is 0.622 bits per heavy atom. The lowest BCUT2D eigenvalue weighted by Crippen LogP contribution is -2.01. The van der Waals surface area contributed by atoms with Crippen LogP contribution in [0.3, 0.4) is 0 Å². The van der Waals surface area contributed by atoms with Crippen LogP contribution in [-0.4, -0.2) is 28.8 Å². The van der Waals surface area contributed by atoms with Crippen molar-refractivity contribution in [2.75, 3.05) is 14.2 Å². The summed E-state index contributed by atoms with van der Waals surface area (Å²) in [6.07, 6.45) is 1.71. The molecule has 0 fully saturated rings. The van der Waals surface area contributed by atoms with Crippen LogP contribution in [0, 0.1) is 0 Å². The van der Waals surface area contributed by atoms with Crippen molar-refractivity contribution in [3.05, 3.63) is 139 Å². The third kappa shape index (κ3) is 5.48. The number of methoxy groups -OCH3 is 2. The van der Waals surface area contributed by atoms with Crippen molar-refractivity contribution in [3.63, 3.8) is 0 Å². The first-order valence-corrected chi connectivity index (χ1v) is 14.8. The Bertz CT molecular complexity index is 2110. The molecule has 0 aliphatic rings. The average molecular weight is 610 g/mol. The predicted octanol–water partition coefficient (Wildman–Crippen LogP) is 9.88. The smallest absolute Gasteiger partial charge is 0.169 e. The zero-order valence-corrected chi connectivity index (χ0v) is 25.4. The van der Waals surface area contributed by atoms with E-state index in [1.807, 2.05) is 103 Å². The van der Waals surface area contributed by atoms with Crippen LogP contribution in [0.5, 0.6) is 23.0 Å². The molecule has 7 aromatic rings. The van der Waals surface area contributed by atoms with Crippen molar-refractivity contribution in [2.45, 2.75) is 0 Å². The average Bonchev–Trinajstić information content (AvgIpc) is 3.50. The number of aromatic nitrogens is 3. The van der Waals surface area contributed by atoms with E-state index in [0.717, 1.165) is 56.2 Å². The lowest BCUT2D eigenvalue weighted by Gasteiger charge is -2.16. The molecule has 0 spiro atoms. The molecule has 0 amide bonds. The molecular formula is C38H28ClN3O3. The third-order valence-electron chi connectivity index (χ3n) is 7.61. The molecule has 5 aromatic carbocycles. The number of imidazole rings is 1. The van der Waals surface area contributed by atoms with Gasteiger partial charge < -0.3 is 14.2 Å². The van der Waals surface area contributed by atoms with Gasteiger partial charge in [-0.2, -0.15) is 0 Å². The summed E-state index contributed by atoms with van der Waals surface area (Å²) in [6.45, 7) is 0. The number of benzene rings is 5. The van der Waals surface area contributed by atoms with E-state index < -0.39 is 0 Å². The van der Waals surface area contributed by atoms with E-state index in [-0.39, 0.29) is 0 Å². The predicted molar refractivity (Wildman–Crippen MR) is 180 cm³/mol. The van der Waals surface area contributed by atoms with Gasteiger partial charge in [-0.05, 0) is 66.7 Å². The summed E-state index contributed by atoms with van der Waals surface area (Å²) in [5.41, 5.74) is 6.46. The lowest BCUT2D eigenvalue weighted by atomic mass is 10.0. The molecule has 2 aromatic heterocycles. The Balaban J connectivity index is 1.41. The topological polar surface area (TPSA) is 58.4 Å². The van der Waals surface area contributed by atoms with Gasteiger partial charge in [-0.3, -0.25) is 9.55 Å². The van der Waals surface area contributed by atoms with Crippen molar-refractivity contribution in [1.29, 1.82) is 0 Å². The van der Waals surface area contributed by atoms with Gasteiger partial charge in [0.05, 0.1) is 31.1 Å². The zero-order valence-electron chi connectivity index (χ0n) is 24.6. The number of rotatable bonds is 8. The van der Waals surface area contributed by atoms with Gasteiger partial charge in [-0.15, -0.1) is 0 Å². The summed E-state index contributed by atoms with van der Waals surface area (Å²) < 4.78 is 19.9. The fourth-order valence-electron chi connectivity index (χ4n) is 5.45. The number of pyridine rings is 1. The molecule has 0 atom stereocenters. The second kappa shape index (κ2) is 12.2. The highest BCUT2D eigenvalue weighted by molar-refractivity contribution is 6.31. The van der Waals surface area contributed by atoms with Crippen LogP contribution < -0.4 is 14.2 Å². The van der Waals surface area contributed by atoms with Gasteiger partial charge >= 0.3 is 0 Å². The molecule has 2 heterocycles. The SMILES string of the molecule is COc1ccc(-n2c(-c3ccc(Oc4ccnc5cc(Cl)ccc45)c(OC)c3)nc(-c3ccccc3)c2-c2ccccc2)cc1. The van der Waals surface area contributed by atoms with Gasteiger partial charge in [-0.1, -0.05) is 72.3 Å². The summed E-state index contributed by atoms with van der Waals surface area (Å²) in [5, 5.41) is 1.47. The third-order valence-corrected chi connectivity index (χ3v) is 7.84. The summed E-state index contributed by atoms with van der Waals surface area (Å²) in [5.74, 6) is 3.32. The van der Waals surface area contributed by atoms with E-state index in [1.54, 1.807) is 20.4 Å². The van der Waals surface area contributed by atoms with Gasteiger partial charge in [0.25, 0.3) is 0 Å². The molecule has 0 unspecified atom stereocenters. The van der Waals surface area contributed by atoms with Gasteiger partial charge in [-0.25, -0.2) is 4.98 Å². The Morgan fingerprint density at radius 2 is 1.36 bits per heavy atom. The summed E-state index contributed by atoms with van der Waals surface area (Å²) in [4.78, 5) is 9.73.